The molecule has 0 aliphatic heterocycles. The number of halogens is 3. The summed E-state index contributed by atoms with van der Waals surface area (Å²) in [6, 6.07) is 13.8. The van der Waals surface area contributed by atoms with Crippen LogP contribution in [0.25, 0.3) is 16.9 Å². The number of alkyl halides is 3. The molecule has 0 N–H and O–H groups in total. The van der Waals surface area contributed by atoms with Crippen LogP contribution in [0.2, 0.25) is 0 Å². The number of carbonyl (C=O) groups excluding carboxylic acids is 1. The van der Waals surface area contributed by atoms with Gasteiger partial charge in [0.2, 0.25) is 0 Å². The normalized spacial score (nSPS) is 11.2. The van der Waals surface area contributed by atoms with Crippen molar-refractivity contribution in [2.24, 2.45) is 0 Å². The molecule has 1 aromatic heterocycles. The van der Waals surface area contributed by atoms with E-state index in [1.165, 1.54) is 11.8 Å². The van der Waals surface area contributed by atoms with Gasteiger partial charge in [0.15, 0.2) is 12.3 Å². The topological polar surface area (TPSA) is 62.6 Å². The Morgan fingerprint density at radius 3 is 2.23 bits per heavy atom. The minimum atomic E-state index is -4.59. The number of hydrogen-bond acceptors (Lipinski definition) is 5. The second-order valence-corrected chi connectivity index (χ2v) is 6.14. The lowest BCUT2D eigenvalue weighted by atomic mass is 10.1. The summed E-state index contributed by atoms with van der Waals surface area (Å²) in [6.07, 6.45) is -4.59. The molecule has 158 valence electrons. The quantitative estimate of drug-likeness (QED) is 0.527. The number of hydrogen-bond donors (Lipinski definition) is 0. The Kier molecular flexibility index (Phi) is 6.29. The zero-order chi connectivity index (χ0) is 21.7. The minimum Gasteiger partial charge on any atom is -0.497 e. The van der Waals surface area contributed by atoms with Crippen LogP contribution in [0.15, 0.2) is 54.6 Å². The maximum atomic E-state index is 13.3. The number of aromatic nitrogens is 2. The lowest BCUT2D eigenvalue weighted by Crippen LogP contribution is -2.14. The fourth-order valence-electron chi connectivity index (χ4n) is 2.71. The first-order valence-electron chi connectivity index (χ1n) is 9.02. The Morgan fingerprint density at radius 1 is 1.03 bits per heavy atom. The maximum absolute atomic E-state index is 13.3. The van der Waals surface area contributed by atoms with Gasteiger partial charge in [0.05, 0.1) is 25.1 Å². The molecule has 30 heavy (non-hydrogen) atoms. The van der Waals surface area contributed by atoms with E-state index in [2.05, 4.69) is 5.10 Å². The Hall–Kier alpha value is -3.49. The van der Waals surface area contributed by atoms with Crippen molar-refractivity contribution < 1.29 is 32.2 Å². The number of benzene rings is 2. The van der Waals surface area contributed by atoms with Crippen molar-refractivity contribution in [1.82, 2.24) is 9.78 Å². The fraction of sp³-hybridized carbons (Fsp3) is 0.238. The summed E-state index contributed by atoms with van der Waals surface area (Å²) in [6.45, 7) is 1.68. The molecule has 3 aromatic rings. The van der Waals surface area contributed by atoms with Crippen LogP contribution in [0.5, 0.6) is 11.5 Å². The smallest absolute Gasteiger partial charge is 0.435 e. The molecule has 0 saturated heterocycles. The van der Waals surface area contributed by atoms with E-state index < -0.39 is 17.8 Å². The Labute approximate surface area is 170 Å². The zero-order valence-corrected chi connectivity index (χ0v) is 16.3. The highest BCUT2D eigenvalue weighted by molar-refractivity contribution is 5.71. The molecule has 0 bridgehead atoms. The largest absolute Gasteiger partial charge is 0.497 e. The predicted octanol–water partition coefficient (Wildman–Crippen LogP) is 4.51. The van der Waals surface area contributed by atoms with Gasteiger partial charge in [-0.15, -0.1) is 0 Å². The first kappa shape index (κ1) is 21.2. The molecule has 0 atom stereocenters. The first-order valence-corrected chi connectivity index (χ1v) is 9.02. The molecular weight excluding hydrogens is 401 g/mol. The first-order chi connectivity index (χ1) is 14.3. The summed E-state index contributed by atoms with van der Waals surface area (Å²) >= 11 is 0. The molecule has 0 aliphatic carbocycles. The summed E-state index contributed by atoms with van der Waals surface area (Å²) in [5, 5.41) is 3.74. The van der Waals surface area contributed by atoms with Gasteiger partial charge in [0.25, 0.3) is 0 Å². The van der Waals surface area contributed by atoms with E-state index in [9.17, 15) is 18.0 Å². The molecule has 6 nitrogen and oxygen atoms in total. The van der Waals surface area contributed by atoms with Crippen LogP contribution in [0, 0.1) is 0 Å². The van der Waals surface area contributed by atoms with Crippen molar-refractivity contribution in [2.45, 2.75) is 13.1 Å². The van der Waals surface area contributed by atoms with E-state index in [0.717, 1.165) is 6.07 Å². The molecule has 0 amide bonds. The highest BCUT2D eigenvalue weighted by Gasteiger charge is 2.35. The summed E-state index contributed by atoms with van der Waals surface area (Å²) < 4.78 is 56.2. The van der Waals surface area contributed by atoms with Crippen LogP contribution in [0.3, 0.4) is 0 Å². The molecule has 0 unspecified atom stereocenters. The second kappa shape index (κ2) is 8.89. The Morgan fingerprint density at radius 2 is 1.67 bits per heavy atom. The van der Waals surface area contributed by atoms with Gasteiger partial charge in [-0.25, -0.2) is 9.48 Å². The molecule has 1 heterocycles. The third kappa shape index (κ3) is 4.91. The summed E-state index contributed by atoms with van der Waals surface area (Å²) in [7, 11) is 1.50. The number of nitrogens with zero attached hydrogens (tertiary/aromatic N) is 2. The highest BCUT2D eigenvalue weighted by Crippen LogP contribution is 2.34. The summed E-state index contributed by atoms with van der Waals surface area (Å²) in [5.74, 6) is 0.457. The van der Waals surface area contributed by atoms with Crippen LogP contribution in [-0.2, 0) is 15.7 Å². The van der Waals surface area contributed by atoms with Crippen LogP contribution in [0.4, 0.5) is 13.2 Å². The number of ether oxygens (including phenoxy) is 3. The molecule has 0 radical (unpaired) electrons. The van der Waals surface area contributed by atoms with Gasteiger partial charge in [-0.1, -0.05) is 0 Å². The average Bonchev–Trinajstić information content (AvgIpc) is 3.19. The van der Waals surface area contributed by atoms with E-state index in [-0.39, 0.29) is 18.9 Å². The maximum Gasteiger partial charge on any atom is 0.435 e. The lowest BCUT2D eigenvalue weighted by Gasteiger charge is -2.10. The van der Waals surface area contributed by atoms with E-state index in [0.29, 0.717) is 22.7 Å². The monoisotopic (exact) mass is 420 g/mol. The number of rotatable bonds is 7. The predicted molar refractivity (Wildman–Crippen MR) is 103 cm³/mol. The average molecular weight is 420 g/mol. The highest BCUT2D eigenvalue weighted by atomic mass is 19.4. The van der Waals surface area contributed by atoms with Crippen LogP contribution >= 0.6 is 0 Å². The molecule has 0 saturated carbocycles. The van der Waals surface area contributed by atoms with Crippen LogP contribution in [-0.4, -0.2) is 36.1 Å². The van der Waals surface area contributed by atoms with Crippen LogP contribution in [0.1, 0.15) is 12.6 Å². The van der Waals surface area contributed by atoms with Gasteiger partial charge in [0, 0.05) is 5.56 Å². The summed E-state index contributed by atoms with van der Waals surface area (Å²) in [5.41, 5.74) is 0.196. The molecule has 0 fully saturated rings. The SMILES string of the molecule is CCOC(=O)COc1ccc(-c2cc(C(F)(F)F)nn2-c2ccc(OC)cc2)cc1. The zero-order valence-electron chi connectivity index (χ0n) is 16.3. The molecule has 3 rings (SSSR count). The summed E-state index contributed by atoms with van der Waals surface area (Å²) in [4.78, 5) is 11.4. The van der Waals surface area contributed by atoms with Crippen molar-refractivity contribution in [1.29, 1.82) is 0 Å². The number of carbonyl (C=O) groups is 1. The fourth-order valence-corrected chi connectivity index (χ4v) is 2.71. The third-order valence-corrected chi connectivity index (χ3v) is 4.13. The molecule has 0 spiro atoms. The minimum absolute atomic E-state index is 0.248. The van der Waals surface area contributed by atoms with Gasteiger partial charge >= 0.3 is 12.1 Å². The van der Waals surface area contributed by atoms with Crippen molar-refractivity contribution in [3.05, 3.63) is 60.3 Å². The van der Waals surface area contributed by atoms with Crippen molar-refractivity contribution in [2.75, 3.05) is 20.3 Å². The van der Waals surface area contributed by atoms with E-state index in [1.54, 1.807) is 55.5 Å². The molecular formula is C21H19F3N2O4. The van der Waals surface area contributed by atoms with E-state index in [1.807, 2.05) is 0 Å². The Balaban J connectivity index is 1.92. The van der Waals surface area contributed by atoms with Gasteiger partial charge in [-0.2, -0.15) is 18.3 Å². The second-order valence-electron chi connectivity index (χ2n) is 6.14. The van der Waals surface area contributed by atoms with Crippen molar-refractivity contribution >= 4 is 5.97 Å². The van der Waals surface area contributed by atoms with E-state index >= 15 is 0 Å². The van der Waals surface area contributed by atoms with E-state index in [4.69, 9.17) is 14.2 Å². The van der Waals surface area contributed by atoms with Gasteiger partial charge in [-0.3, -0.25) is 0 Å². The number of methoxy groups -OCH3 is 1. The lowest BCUT2D eigenvalue weighted by molar-refractivity contribution is -0.145. The van der Waals surface area contributed by atoms with Gasteiger partial charge in [0.1, 0.15) is 11.5 Å². The number of esters is 1. The van der Waals surface area contributed by atoms with Gasteiger partial charge < -0.3 is 14.2 Å². The van der Waals surface area contributed by atoms with Crippen LogP contribution < -0.4 is 9.47 Å². The third-order valence-electron chi connectivity index (χ3n) is 4.13. The standard InChI is InChI=1S/C21H19F3N2O4/c1-3-29-20(27)13-30-17-8-4-14(5-9-17)18-12-19(21(22,23)24)25-26(18)15-6-10-16(28-2)11-7-15/h4-12H,3,13H2,1-2H3. The van der Waals surface area contributed by atoms with Crippen molar-refractivity contribution in [3.63, 3.8) is 0 Å². The van der Waals surface area contributed by atoms with Gasteiger partial charge in [-0.05, 0) is 61.5 Å². The molecule has 9 heteroatoms. The van der Waals surface area contributed by atoms with Crippen molar-refractivity contribution in [3.8, 4) is 28.4 Å². The molecule has 2 aromatic carbocycles. The Bertz CT molecular complexity index is 997. The molecule has 0 aliphatic rings.